The maximum atomic E-state index is 10.5. The summed E-state index contributed by atoms with van der Waals surface area (Å²) in [7, 11) is 2.02. The lowest BCUT2D eigenvalue weighted by Crippen LogP contribution is -2.39. The molecule has 0 aromatic heterocycles. The molecular weight excluding hydrogens is 274 g/mol. The summed E-state index contributed by atoms with van der Waals surface area (Å²) in [4.78, 5) is 12.7. The van der Waals surface area contributed by atoms with Crippen molar-refractivity contribution >= 4 is 29.3 Å². The highest BCUT2D eigenvalue weighted by atomic mass is 35.5. The van der Waals surface area contributed by atoms with Gasteiger partial charge >= 0.3 is 5.97 Å². The molecule has 0 bridgehead atoms. The van der Waals surface area contributed by atoms with Gasteiger partial charge in [-0.05, 0) is 36.1 Å². The van der Waals surface area contributed by atoms with E-state index in [2.05, 4.69) is 32.6 Å². The lowest BCUT2D eigenvalue weighted by molar-refractivity contribution is -0.131. The van der Waals surface area contributed by atoms with E-state index in [1.54, 1.807) is 6.07 Å². The van der Waals surface area contributed by atoms with E-state index in [1.165, 1.54) is 6.08 Å². The van der Waals surface area contributed by atoms with Crippen LogP contribution >= 0.6 is 11.6 Å². The van der Waals surface area contributed by atoms with Gasteiger partial charge in [0, 0.05) is 19.2 Å². The number of hydrogen-bond donors (Lipinski definition) is 1. The molecule has 0 amide bonds. The molecule has 0 saturated carbocycles. The number of carboxylic acid groups (broad SMARTS) is 1. The van der Waals surface area contributed by atoms with Crippen LogP contribution in [0.15, 0.2) is 24.3 Å². The van der Waals surface area contributed by atoms with E-state index in [0.29, 0.717) is 11.1 Å². The topological polar surface area (TPSA) is 40.5 Å². The first-order valence-electron chi connectivity index (χ1n) is 6.56. The van der Waals surface area contributed by atoms with Crippen molar-refractivity contribution in [2.75, 3.05) is 11.9 Å². The van der Waals surface area contributed by atoms with Crippen LogP contribution < -0.4 is 4.90 Å². The highest BCUT2D eigenvalue weighted by molar-refractivity contribution is 6.33. The van der Waals surface area contributed by atoms with Gasteiger partial charge in [0.25, 0.3) is 0 Å². The fourth-order valence-corrected chi connectivity index (χ4v) is 2.19. The molecule has 0 saturated heterocycles. The third-order valence-electron chi connectivity index (χ3n) is 3.60. The van der Waals surface area contributed by atoms with Gasteiger partial charge in [-0.15, -0.1) is 0 Å². The summed E-state index contributed by atoms with van der Waals surface area (Å²) in [5.74, 6) is -0.969. The van der Waals surface area contributed by atoms with Crippen molar-refractivity contribution in [3.63, 3.8) is 0 Å². The fourth-order valence-electron chi connectivity index (χ4n) is 1.87. The zero-order valence-corrected chi connectivity index (χ0v) is 13.4. The predicted molar refractivity (Wildman–Crippen MR) is 85.4 cm³/mol. The van der Waals surface area contributed by atoms with Crippen LogP contribution in [0.5, 0.6) is 0 Å². The maximum Gasteiger partial charge on any atom is 0.328 e. The second-order valence-electron chi connectivity index (χ2n) is 6.04. The van der Waals surface area contributed by atoms with Gasteiger partial charge in [-0.25, -0.2) is 4.79 Å². The van der Waals surface area contributed by atoms with Gasteiger partial charge in [-0.3, -0.25) is 0 Å². The lowest BCUT2D eigenvalue weighted by Gasteiger charge is -2.37. The Morgan fingerprint density at radius 2 is 2.00 bits per heavy atom. The summed E-state index contributed by atoms with van der Waals surface area (Å²) < 4.78 is 0. The van der Waals surface area contributed by atoms with Gasteiger partial charge in [-0.2, -0.15) is 0 Å². The molecule has 20 heavy (non-hydrogen) atoms. The van der Waals surface area contributed by atoms with Crippen molar-refractivity contribution in [2.24, 2.45) is 5.41 Å². The minimum atomic E-state index is -0.969. The third kappa shape index (κ3) is 4.27. The molecule has 1 rings (SSSR count). The van der Waals surface area contributed by atoms with Crippen molar-refractivity contribution in [3.05, 3.63) is 34.9 Å². The van der Waals surface area contributed by atoms with E-state index in [9.17, 15) is 4.79 Å². The Morgan fingerprint density at radius 1 is 1.40 bits per heavy atom. The molecule has 3 nitrogen and oxygen atoms in total. The predicted octanol–water partition coefficient (Wildman–Crippen LogP) is 4.31. The number of hydrogen-bond acceptors (Lipinski definition) is 2. The third-order valence-corrected chi connectivity index (χ3v) is 3.91. The molecule has 0 fully saturated rings. The van der Waals surface area contributed by atoms with Crippen LogP contribution in [-0.4, -0.2) is 24.2 Å². The van der Waals surface area contributed by atoms with Gasteiger partial charge < -0.3 is 10.0 Å². The number of nitrogens with zero attached hydrogens (tertiary/aromatic N) is 1. The maximum absolute atomic E-state index is 10.5. The normalized spacial score (nSPS) is 13.5. The van der Waals surface area contributed by atoms with Crippen LogP contribution in [0.2, 0.25) is 5.02 Å². The Labute approximate surface area is 125 Å². The molecule has 1 aromatic rings. The van der Waals surface area contributed by atoms with E-state index in [-0.39, 0.29) is 5.41 Å². The van der Waals surface area contributed by atoms with Crippen LogP contribution in [0.1, 0.15) is 33.3 Å². The molecular formula is C16H22ClNO2. The second kappa shape index (κ2) is 6.31. The molecule has 0 heterocycles. The largest absolute Gasteiger partial charge is 0.478 e. The number of carbonyl (C=O) groups is 1. The smallest absolute Gasteiger partial charge is 0.328 e. The van der Waals surface area contributed by atoms with Crippen LogP contribution in [0, 0.1) is 5.41 Å². The van der Waals surface area contributed by atoms with Gasteiger partial charge in [0.2, 0.25) is 0 Å². The lowest BCUT2D eigenvalue weighted by atomic mass is 9.87. The first-order chi connectivity index (χ1) is 9.12. The standard InChI is InChI=1S/C16H22ClNO2/c1-11(16(2,3)4)18(5)14-8-6-12(10-13(14)17)7-9-15(19)20/h6-11H,1-5H3,(H,19,20)/b9-7+. The average molecular weight is 296 g/mol. The summed E-state index contributed by atoms with van der Waals surface area (Å²) in [5, 5.41) is 9.24. The fraction of sp³-hybridized carbons (Fsp3) is 0.438. The molecule has 1 unspecified atom stereocenters. The van der Waals surface area contributed by atoms with Gasteiger partial charge in [-0.1, -0.05) is 38.4 Å². The van der Waals surface area contributed by atoms with Crippen LogP contribution in [0.4, 0.5) is 5.69 Å². The van der Waals surface area contributed by atoms with Crippen molar-refractivity contribution in [3.8, 4) is 0 Å². The number of carboxylic acids is 1. The number of halogens is 1. The van der Waals surface area contributed by atoms with Crippen molar-refractivity contribution in [1.29, 1.82) is 0 Å². The number of anilines is 1. The molecule has 0 aliphatic heterocycles. The highest BCUT2D eigenvalue weighted by Gasteiger charge is 2.25. The summed E-state index contributed by atoms with van der Waals surface area (Å²) in [6.07, 6.45) is 2.64. The van der Waals surface area contributed by atoms with Crippen LogP contribution in [-0.2, 0) is 4.79 Å². The minimum Gasteiger partial charge on any atom is -0.478 e. The van der Waals surface area contributed by atoms with E-state index in [1.807, 2.05) is 19.2 Å². The molecule has 0 aliphatic rings. The molecule has 110 valence electrons. The Bertz CT molecular complexity index is 518. The van der Waals surface area contributed by atoms with Gasteiger partial charge in [0.15, 0.2) is 0 Å². The summed E-state index contributed by atoms with van der Waals surface area (Å²) >= 11 is 6.31. The average Bonchev–Trinajstić information content (AvgIpc) is 2.33. The Balaban J connectivity index is 3.01. The van der Waals surface area contributed by atoms with E-state index >= 15 is 0 Å². The van der Waals surface area contributed by atoms with Gasteiger partial charge in [0.1, 0.15) is 0 Å². The van der Waals surface area contributed by atoms with Gasteiger partial charge in [0.05, 0.1) is 10.7 Å². The molecule has 0 radical (unpaired) electrons. The summed E-state index contributed by atoms with van der Waals surface area (Å²) in [6, 6.07) is 5.89. The van der Waals surface area contributed by atoms with E-state index < -0.39 is 5.97 Å². The monoisotopic (exact) mass is 295 g/mol. The molecule has 1 N–H and O–H groups in total. The molecule has 1 aromatic carbocycles. The molecule has 1 atom stereocenters. The van der Waals surface area contributed by atoms with Crippen molar-refractivity contribution in [2.45, 2.75) is 33.7 Å². The Morgan fingerprint density at radius 3 is 2.45 bits per heavy atom. The molecule has 0 aliphatic carbocycles. The SMILES string of the molecule is CC(N(C)c1ccc(/C=C/C(=O)O)cc1Cl)C(C)(C)C. The Hall–Kier alpha value is -1.48. The van der Waals surface area contributed by atoms with E-state index in [0.717, 1.165) is 17.3 Å². The quantitative estimate of drug-likeness (QED) is 0.842. The summed E-state index contributed by atoms with van der Waals surface area (Å²) in [6.45, 7) is 8.72. The van der Waals surface area contributed by atoms with Crippen LogP contribution in [0.25, 0.3) is 6.08 Å². The number of aliphatic carboxylic acids is 1. The zero-order valence-electron chi connectivity index (χ0n) is 12.6. The minimum absolute atomic E-state index is 0.139. The van der Waals surface area contributed by atoms with Crippen molar-refractivity contribution in [1.82, 2.24) is 0 Å². The number of rotatable bonds is 4. The first-order valence-corrected chi connectivity index (χ1v) is 6.94. The Kier molecular flexibility index (Phi) is 5.23. The first kappa shape index (κ1) is 16.6. The molecule has 4 heteroatoms. The molecule has 0 spiro atoms. The second-order valence-corrected chi connectivity index (χ2v) is 6.44. The van der Waals surface area contributed by atoms with Crippen LogP contribution in [0.3, 0.4) is 0 Å². The number of benzene rings is 1. The summed E-state index contributed by atoms with van der Waals surface area (Å²) in [5.41, 5.74) is 1.86. The highest BCUT2D eigenvalue weighted by Crippen LogP contribution is 2.32. The van der Waals surface area contributed by atoms with Crippen molar-refractivity contribution < 1.29 is 9.90 Å². The zero-order chi connectivity index (χ0) is 15.5. The van der Waals surface area contributed by atoms with E-state index in [4.69, 9.17) is 16.7 Å².